The molecule has 80 valence electrons. The number of quaternary nitrogens is 1. The Hall–Kier alpha value is 0.0900. The maximum Gasteiger partial charge on any atom is 0.134 e. The molecule has 0 aromatic rings. The number of aliphatic hydroxyl groups is 4. The standard InChI is InChI=1S/C7H15NO4.ClH/c8-4-1-3(2-9)5(10)7(12)6(4)11;/h3-7,9-12H,1-2,8H2;1H/t3-,4+,5-,6+,7+;/m1./s1. The molecule has 0 amide bonds. The monoisotopic (exact) mass is 213 g/mol. The van der Waals surface area contributed by atoms with E-state index in [9.17, 15) is 15.3 Å². The zero-order chi connectivity index (χ0) is 9.30. The third-order valence-electron chi connectivity index (χ3n) is 2.51. The van der Waals surface area contributed by atoms with E-state index in [2.05, 4.69) is 5.73 Å². The average Bonchev–Trinajstić information content (AvgIpc) is 2.08. The molecule has 5 atom stereocenters. The summed E-state index contributed by atoms with van der Waals surface area (Å²) in [6, 6.07) is -0.319. The predicted molar refractivity (Wildman–Crippen MR) is 39.9 cm³/mol. The van der Waals surface area contributed by atoms with Gasteiger partial charge in [-0.3, -0.25) is 0 Å². The van der Waals surface area contributed by atoms with Gasteiger partial charge in [0.2, 0.25) is 0 Å². The molecular formula is C7H16ClNO4. The molecule has 0 heterocycles. The van der Waals surface area contributed by atoms with Crippen molar-refractivity contribution in [2.24, 2.45) is 5.92 Å². The fourth-order valence-electron chi connectivity index (χ4n) is 1.61. The minimum absolute atomic E-state index is 0. The average molecular weight is 214 g/mol. The van der Waals surface area contributed by atoms with Crippen molar-refractivity contribution in [1.82, 2.24) is 0 Å². The predicted octanol–water partition coefficient (Wildman–Crippen LogP) is -6.30. The summed E-state index contributed by atoms with van der Waals surface area (Å²) >= 11 is 0. The minimum atomic E-state index is -1.18. The summed E-state index contributed by atoms with van der Waals surface area (Å²) in [5, 5.41) is 36.7. The molecule has 0 saturated heterocycles. The Morgan fingerprint density at radius 1 is 1.08 bits per heavy atom. The van der Waals surface area contributed by atoms with Crippen LogP contribution in [-0.4, -0.2) is 51.4 Å². The first-order valence-electron chi connectivity index (χ1n) is 4.06. The van der Waals surface area contributed by atoms with Gasteiger partial charge in [-0.1, -0.05) is 0 Å². The number of hydrogen-bond donors (Lipinski definition) is 5. The van der Waals surface area contributed by atoms with Crippen LogP contribution in [0.5, 0.6) is 0 Å². The molecule has 1 saturated carbocycles. The van der Waals surface area contributed by atoms with Gasteiger partial charge in [0.15, 0.2) is 0 Å². The van der Waals surface area contributed by atoms with Crippen molar-refractivity contribution in [1.29, 1.82) is 0 Å². The molecule has 7 N–H and O–H groups in total. The van der Waals surface area contributed by atoms with Crippen LogP contribution in [0.2, 0.25) is 0 Å². The fraction of sp³-hybridized carbons (Fsp3) is 1.00. The van der Waals surface area contributed by atoms with Crippen molar-refractivity contribution in [3.63, 3.8) is 0 Å². The lowest BCUT2D eigenvalue weighted by molar-refractivity contribution is -0.455. The van der Waals surface area contributed by atoms with Crippen LogP contribution >= 0.6 is 0 Å². The molecule has 6 heteroatoms. The maximum absolute atomic E-state index is 9.33. The fourth-order valence-corrected chi connectivity index (χ4v) is 1.61. The Bertz CT molecular complexity index is 155. The summed E-state index contributed by atoms with van der Waals surface area (Å²) in [5.41, 5.74) is 3.63. The van der Waals surface area contributed by atoms with Crippen LogP contribution < -0.4 is 18.1 Å². The Balaban J connectivity index is 0.00000144. The molecule has 5 nitrogen and oxygen atoms in total. The van der Waals surface area contributed by atoms with Crippen LogP contribution in [0.25, 0.3) is 0 Å². The van der Waals surface area contributed by atoms with Crippen molar-refractivity contribution in [2.45, 2.75) is 30.8 Å². The van der Waals surface area contributed by atoms with E-state index in [-0.39, 0.29) is 31.0 Å². The third-order valence-corrected chi connectivity index (χ3v) is 2.51. The van der Waals surface area contributed by atoms with E-state index >= 15 is 0 Å². The van der Waals surface area contributed by atoms with Crippen LogP contribution in [-0.2, 0) is 0 Å². The summed E-state index contributed by atoms with van der Waals surface area (Å²) in [6.45, 7) is -0.184. The van der Waals surface area contributed by atoms with Gasteiger partial charge in [0, 0.05) is 18.9 Å². The second-order valence-corrected chi connectivity index (χ2v) is 3.41. The molecule has 13 heavy (non-hydrogen) atoms. The molecule has 0 aromatic heterocycles. The lowest BCUT2D eigenvalue weighted by Gasteiger charge is -2.36. The maximum atomic E-state index is 9.33. The van der Waals surface area contributed by atoms with E-state index < -0.39 is 18.3 Å². The van der Waals surface area contributed by atoms with E-state index in [1.165, 1.54) is 0 Å². The SMILES string of the molecule is [Cl-].[NH3+][C@H]1C[C@H](CO)[C@@H](O)[C@H](O)[C@H]1O. The van der Waals surface area contributed by atoms with E-state index in [0.29, 0.717) is 6.42 Å². The quantitative estimate of drug-likeness (QED) is 0.299. The molecule has 0 radical (unpaired) electrons. The van der Waals surface area contributed by atoms with Gasteiger partial charge in [0.1, 0.15) is 18.2 Å². The van der Waals surface area contributed by atoms with Crippen LogP contribution in [0.15, 0.2) is 0 Å². The van der Waals surface area contributed by atoms with Gasteiger partial charge in [0.05, 0.1) is 6.10 Å². The lowest BCUT2D eigenvalue weighted by atomic mass is 9.80. The molecule has 0 spiro atoms. The van der Waals surface area contributed by atoms with Crippen molar-refractivity contribution >= 4 is 0 Å². The molecule has 0 bridgehead atoms. The first kappa shape index (κ1) is 13.1. The van der Waals surface area contributed by atoms with Gasteiger partial charge < -0.3 is 38.6 Å². The molecular weight excluding hydrogens is 198 g/mol. The molecule has 1 rings (SSSR count). The van der Waals surface area contributed by atoms with Gasteiger partial charge in [-0.05, 0) is 0 Å². The lowest BCUT2D eigenvalue weighted by Crippen LogP contribution is -3.00. The van der Waals surface area contributed by atoms with E-state index in [4.69, 9.17) is 5.11 Å². The summed E-state index contributed by atoms with van der Waals surface area (Å²) in [4.78, 5) is 0. The normalized spacial score (nSPS) is 45.5. The van der Waals surface area contributed by atoms with E-state index in [1.54, 1.807) is 0 Å². The molecule has 0 aromatic carbocycles. The number of aliphatic hydroxyl groups excluding tert-OH is 4. The first-order valence-corrected chi connectivity index (χ1v) is 4.06. The Morgan fingerprint density at radius 3 is 2.08 bits per heavy atom. The minimum Gasteiger partial charge on any atom is -1.00 e. The molecule has 1 aliphatic rings. The first-order chi connectivity index (χ1) is 5.57. The topological polar surface area (TPSA) is 109 Å². The molecule has 0 unspecified atom stereocenters. The second kappa shape index (κ2) is 5.09. The van der Waals surface area contributed by atoms with Gasteiger partial charge in [-0.2, -0.15) is 0 Å². The highest BCUT2D eigenvalue weighted by atomic mass is 35.5. The summed E-state index contributed by atoms with van der Waals surface area (Å²) < 4.78 is 0. The van der Waals surface area contributed by atoms with Crippen LogP contribution in [0, 0.1) is 5.92 Å². The van der Waals surface area contributed by atoms with Crippen molar-refractivity contribution in [2.75, 3.05) is 6.61 Å². The Kier molecular flexibility index (Phi) is 5.13. The molecule has 1 aliphatic carbocycles. The zero-order valence-corrected chi connectivity index (χ0v) is 7.93. The van der Waals surface area contributed by atoms with Gasteiger partial charge >= 0.3 is 0 Å². The van der Waals surface area contributed by atoms with Crippen molar-refractivity contribution in [3.8, 4) is 0 Å². The van der Waals surface area contributed by atoms with Gasteiger partial charge in [-0.15, -0.1) is 0 Å². The van der Waals surface area contributed by atoms with Gasteiger partial charge in [-0.25, -0.2) is 0 Å². The summed E-state index contributed by atoms with van der Waals surface area (Å²) in [5.74, 6) is -0.370. The smallest absolute Gasteiger partial charge is 0.134 e. The Labute approximate surface area is 82.6 Å². The molecule has 1 fully saturated rings. The van der Waals surface area contributed by atoms with Crippen molar-refractivity contribution < 1.29 is 38.6 Å². The van der Waals surface area contributed by atoms with Crippen LogP contribution in [0.4, 0.5) is 0 Å². The van der Waals surface area contributed by atoms with Crippen LogP contribution in [0.3, 0.4) is 0 Å². The highest BCUT2D eigenvalue weighted by Crippen LogP contribution is 2.23. The highest BCUT2D eigenvalue weighted by Gasteiger charge is 2.42. The largest absolute Gasteiger partial charge is 1.00 e. The summed E-state index contributed by atoms with van der Waals surface area (Å²) in [6.07, 6.45) is -2.76. The van der Waals surface area contributed by atoms with E-state index in [0.717, 1.165) is 0 Å². The van der Waals surface area contributed by atoms with Crippen LogP contribution in [0.1, 0.15) is 6.42 Å². The molecule has 0 aliphatic heterocycles. The number of hydrogen-bond acceptors (Lipinski definition) is 4. The van der Waals surface area contributed by atoms with Gasteiger partial charge in [0.25, 0.3) is 0 Å². The number of halogens is 1. The second-order valence-electron chi connectivity index (χ2n) is 3.41. The third kappa shape index (κ3) is 2.52. The zero-order valence-electron chi connectivity index (χ0n) is 7.17. The Morgan fingerprint density at radius 2 is 1.62 bits per heavy atom. The van der Waals surface area contributed by atoms with E-state index in [1.807, 2.05) is 0 Å². The highest BCUT2D eigenvalue weighted by molar-refractivity contribution is 4.91. The van der Waals surface area contributed by atoms with Crippen molar-refractivity contribution in [3.05, 3.63) is 0 Å². The summed E-state index contributed by atoms with van der Waals surface area (Å²) in [7, 11) is 0. The number of rotatable bonds is 1.